The Morgan fingerprint density at radius 2 is 2.26 bits per heavy atom. The minimum atomic E-state index is 0.0485. The topological polar surface area (TPSA) is 38.1 Å². The van der Waals surface area contributed by atoms with Crippen LogP contribution < -0.4 is 0 Å². The van der Waals surface area contributed by atoms with Gasteiger partial charge in [0.25, 0.3) is 0 Å². The SMILES string of the molecule is Cc1cnn(C[C@H]2CCCN2C(=O)[C@H]2Cc3ccccc3S2)c1. The van der Waals surface area contributed by atoms with Crippen molar-refractivity contribution < 1.29 is 4.79 Å². The molecule has 2 aliphatic heterocycles. The van der Waals surface area contributed by atoms with E-state index >= 15 is 0 Å². The van der Waals surface area contributed by atoms with E-state index in [1.807, 2.05) is 17.8 Å². The molecule has 1 aromatic heterocycles. The van der Waals surface area contributed by atoms with Gasteiger partial charge in [-0.05, 0) is 43.4 Å². The van der Waals surface area contributed by atoms with Crippen LogP contribution in [0.5, 0.6) is 0 Å². The predicted molar refractivity (Wildman–Crippen MR) is 91.5 cm³/mol. The number of fused-ring (bicyclic) bond motifs is 1. The van der Waals surface area contributed by atoms with Crippen molar-refractivity contribution in [2.45, 2.75) is 48.9 Å². The highest BCUT2D eigenvalue weighted by Crippen LogP contribution is 2.38. The Labute approximate surface area is 140 Å². The number of aryl methyl sites for hydroxylation is 1. The third-order valence-electron chi connectivity index (χ3n) is 4.74. The molecule has 120 valence electrons. The fraction of sp³-hybridized carbons (Fsp3) is 0.444. The van der Waals surface area contributed by atoms with Crippen LogP contribution in [0, 0.1) is 6.92 Å². The Bertz CT molecular complexity index is 702. The van der Waals surface area contributed by atoms with Crippen LogP contribution in [-0.4, -0.2) is 38.4 Å². The second-order valence-corrected chi connectivity index (χ2v) is 7.73. The lowest BCUT2D eigenvalue weighted by atomic mass is 10.1. The summed E-state index contributed by atoms with van der Waals surface area (Å²) in [4.78, 5) is 16.4. The third-order valence-corrected chi connectivity index (χ3v) is 6.05. The molecule has 23 heavy (non-hydrogen) atoms. The molecule has 5 heteroatoms. The average Bonchev–Trinajstić information content (AvgIpc) is 3.26. The first-order chi connectivity index (χ1) is 11.2. The van der Waals surface area contributed by atoms with Crippen LogP contribution in [0.3, 0.4) is 0 Å². The smallest absolute Gasteiger partial charge is 0.236 e. The summed E-state index contributed by atoms with van der Waals surface area (Å²) < 4.78 is 1.97. The number of aromatic nitrogens is 2. The molecule has 1 amide bonds. The van der Waals surface area contributed by atoms with Crippen LogP contribution in [0.2, 0.25) is 0 Å². The molecule has 0 saturated carbocycles. The third kappa shape index (κ3) is 2.90. The predicted octanol–water partition coefficient (Wildman–Crippen LogP) is 2.90. The van der Waals surface area contributed by atoms with Crippen molar-refractivity contribution in [3.63, 3.8) is 0 Å². The Kier molecular flexibility index (Phi) is 3.89. The van der Waals surface area contributed by atoms with Crippen molar-refractivity contribution in [1.29, 1.82) is 0 Å². The van der Waals surface area contributed by atoms with Crippen molar-refractivity contribution in [2.75, 3.05) is 6.54 Å². The molecular weight excluding hydrogens is 306 g/mol. The van der Waals surface area contributed by atoms with Gasteiger partial charge in [-0.2, -0.15) is 5.10 Å². The zero-order valence-electron chi connectivity index (χ0n) is 13.3. The molecule has 0 spiro atoms. The van der Waals surface area contributed by atoms with Crippen molar-refractivity contribution >= 4 is 17.7 Å². The number of carbonyl (C=O) groups excluding carboxylic acids is 1. The van der Waals surface area contributed by atoms with Crippen LogP contribution >= 0.6 is 11.8 Å². The fourth-order valence-electron chi connectivity index (χ4n) is 3.60. The van der Waals surface area contributed by atoms with Gasteiger partial charge in [-0.15, -0.1) is 11.8 Å². The molecule has 4 nitrogen and oxygen atoms in total. The van der Waals surface area contributed by atoms with E-state index in [4.69, 9.17) is 0 Å². The minimum Gasteiger partial charge on any atom is -0.337 e. The Balaban J connectivity index is 1.45. The van der Waals surface area contributed by atoms with Crippen molar-refractivity contribution in [1.82, 2.24) is 14.7 Å². The van der Waals surface area contributed by atoms with E-state index in [2.05, 4.69) is 40.5 Å². The molecule has 2 atom stereocenters. The maximum absolute atomic E-state index is 13.0. The van der Waals surface area contributed by atoms with Crippen molar-refractivity contribution in [2.24, 2.45) is 0 Å². The average molecular weight is 327 g/mol. The zero-order chi connectivity index (χ0) is 15.8. The summed E-state index contributed by atoms with van der Waals surface area (Å²) in [6, 6.07) is 8.67. The Morgan fingerprint density at radius 1 is 1.39 bits per heavy atom. The molecule has 1 fully saturated rings. The summed E-state index contributed by atoms with van der Waals surface area (Å²) in [5, 5.41) is 4.42. The lowest BCUT2D eigenvalue weighted by molar-refractivity contribution is -0.131. The summed E-state index contributed by atoms with van der Waals surface area (Å²) in [5.74, 6) is 0.303. The van der Waals surface area contributed by atoms with Crippen LogP contribution in [-0.2, 0) is 17.8 Å². The molecule has 0 N–H and O–H groups in total. The van der Waals surface area contributed by atoms with E-state index in [9.17, 15) is 4.79 Å². The standard InChI is InChI=1S/C18H21N3OS/c1-13-10-19-20(11-13)12-15-6-4-8-21(15)18(22)17-9-14-5-2-3-7-16(14)23-17/h2-3,5,7,10-11,15,17H,4,6,8-9,12H2,1H3/t15-,17-/m1/s1. The summed E-state index contributed by atoms with van der Waals surface area (Å²) in [6.45, 7) is 3.74. The van der Waals surface area contributed by atoms with E-state index < -0.39 is 0 Å². The highest BCUT2D eigenvalue weighted by molar-refractivity contribution is 8.01. The van der Waals surface area contributed by atoms with Crippen molar-refractivity contribution in [3.8, 4) is 0 Å². The first-order valence-electron chi connectivity index (χ1n) is 8.25. The van der Waals surface area contributed by atoms with Crippen molar-refractivity contribution in [3.05, 3.63) is 47.8 Å². The maximum atomic E-state index is 13.0. The van der Waals surface area contributed by atoms with Gasteiger partial charge in [0.05, 0.1) is 24.0 Å². The molecule has 0 unspecified atom stereocenters. The van der Waals surface area contributed by atoms with E-state index in [0.29, 0.717) is 5.91 Å². The number of hydrogen-bond acceptors (Lipinski definition) is 3. The summed E-state index contributed by atoms with van der Waals surface area (Å²) in [6.07, 6.45) is 6.98. The molecule has 0 radical (unpaired) electrons. The van der Waals surface area contributed by atoms with E-state index in [0.717, 1.165) is 32.4 Å². The summed E-state index contributed by atoms with van der Waals surface area (Å²) >= 11 is 1.73. The number of benzene rings is 1. The number of rotatable bonds is 3. The summed E-state index contributed by atoms with van der Waals surface area (Å²) in [5.41, 5.74) is 2.48. The monoisotopic (exact) mass is 327 g/mol. The fourth-order valence-corrected chi connectivity index (χ4v) is 4.87. The van der Waals surface area contributed by atoms with Gasteiger partial charge in [0.2, 0.25) is 5.91 Å². The van der Waals surface area contributed by atoms with Gasteiger partial charge in [0, 0.05) is 17.6 Å². The van der Waals surface area contributed by atoms with Gasteiger partial charge in [0.15, 0.2) is 0 Å². The van der Waals surface area contributed by atoms with Crippen LogP contribution in [0.4, 0.5) is 0 Å². The van der Waals surface area contributed by atoms with Crippen LogP contribution in [0.15, 0.2) is 41.6 Å². The molecule has 1 saturated heterocycles. The van der Waals surface area contributed by atoms with Gasteiger partial charge in [-0.3, -0.25) is 9.48 Å². The second kappa shape index (κ2) is 6.04. The molecule has 2 aromatic rings. The van der Waals surface area contributed by atoms with Crippen LogP contribution in [0.25, 0.3) is 0 Å². The number of likely N-dealkylation sites (tertiary alicyclic amines) is 1. The molecule has 0 aliphatic carbocycles. The molecule has 0 bridgehead atoms. The quantitative estimate of drug-likeness (QED) is 0.870. The Hall–Kier alpha value is -1.75. The highest BCUT2D eigenvalue weighted by atomic mass is 32.2. The van der Waals surface area contributed by atoms with Gasteiger partial charge < -0.3 is 4.90 Å². The molecule has 4 rings (SSSR count). The normalized spacial score (nSPS) is 23.3. The van der Waals surface area contributed by atoms with E-state index in [1.54, 1.807) is 11.8 Å². The molecule has 2 aliphatic rings. The molecule has 3 heterocycles. The Morgan fingerprint density at radius 3 is 3.04 bits per heavy atom. The second-order valence-electron chi connectivity index (χ2n) is 6.49. The number of hydrogen-bond donors (Lipinski definition) is 0. The maximum Gasteiger partial charge on any atom is 0.236 e. The summed E-state index contributed by atoms with van der Waals surface area (Å²) in [7, 11) is 0. The first kappa shape index (κ1) is 14.8. The van der Waals surface area contributed by atoms with Gasteiger partial charge in [-0.1, -0.05) is 18.2 Å². The number of amides is 1. The molecular formula is C18H21N3OS. The number of thioether (sulfide) groups is 1. The highest BCUT2D eigenvalue weighted by Gasteiger charge is 2.36. The zero-order valence-corrected chi connectivity index (χ0v) is 14.1. The van der Waals surface area contributed by atoms with Gasteiger partial charge >= 0.3 is 0 Å². The largest absolute Gasteiger partial charge is 0.337 e. The minimum absolute atomic E-state index is 0.0485. The van der Waals surface area contributed by atoms with Crippen LogP contribution in [0.1, 0.15) is 24.0 Å². The van der Waals surface area contributed by atoms with E-state index in [-0.39, 0.29) is 11.3 Å². The molecule has 1 aromatic carbocycles. The number of carbonyl (C=O) groups is 1. The lowest BCUT2D eigenvalue weighted by Crippen LogP contribution is -2.42. The van der Waals surface area contributed by atoms with Gasteiger partial charge in [0.1, 0.15) is 0 Å². The van der Waals surface area contributed by atoms with Gasteiger partial charge in [-0.25, -0.2) is 0 Å². The first-order valence-corrected chi connectivity index (χ1v) is 9.13. The van der Waals surface area contributed by atoms with E-state index in [1.165, 1.54) is 16.0 Å². The lowest BCUT2D eigenvalue weighted by Gasteiger charge is -2.27. The number of nitrogens with zero attached hydrogens (tertiary/aromatic N) is 3.